The van der Waals surface area contributed by atoms with Crippen molar-refractivity contribution in [1.29, 1.82) is 0 Å². The molecule has 2 aromatic carbocycles. The number of carbonyl (C=O) groups excluding carboxylic acids is 1. The molecule has 0 amide bonds. The van der Waals surface area contributed by atoms with E-state index in [0.29, 0.717) is 17.9 Å². The van der Waals surface area contributed by atoms with Gasteiger partial charge in [-0.05, 0) is 24.1 Å². The maximum Gasteiger partial charge on any atom is 0.318 e. The van der Waals surface area contributed by atoms with Gasteiger partial charge in [-0.15, -0.1) is 0 Å². The fourth-order valence-corrected chi connectivity index (χ4v) is 2.11. The van der Waals surface area contributed by atoms with Crippen molar-refractivity contribution in [3.05, 3.63) is 60.2 Å². The molecule has 0 aliphatic carbocycles. The molecule has 0 N–H and O–H groups in total. The van der Waals surface area contributed by atoms with Crippen LogP contribution in [0.15, 0.2) is 54.6 Å². The van der Waals surface area contributed by atoms with Crippen LogP contribution in [0.5, 0.6) is 11.5 Å². The van der Waals surface area contributed by atoms with Crippen molar-refractivity contribution in [1.82, 2.24) is 0 Å². The van der Waals surface area contributed by atoms with Crippen LogP contribution in [0.25, 0.3) is 0 Å². The summed E-state index contributed by atoms with van der Waals surface area (Å²) >= 11 is 0. The van der Waals surface area contributed by atoms with E-state index in [9.17, 15) is 4.79 Å². The molecular formula is C17H18O3. The third-order valence-corrected chi connectivity index (χ3v) is 3.17. The highest BCUT2D eigenvalue weighted by atomic mass is 16.6. The van der Waals surface area contributed by atoms with Gasteiger partial charge in [0.1, 0.15) is 0 Å². The number of methoxy groups -OCH3 is 1. The van der Waals surface area contributed by atoms with Crippen LogP contribution in [-0.2, 0) is 4.79 Å². The van der Waals surface area contributed by atoms with Crippen LogP contribution < -0.4 is 9.47 Å². The van der Waals surface area contributed by atoms with E-state index in [1.807, 2.05) is 49.4 Å². The Balaban J connectivity index is 2.18. The minimum atomic E-state index is -0.263. The molecule has 0 spiro atoms. The minimum Gasteiger partial charge on any atom is -0.493 e. The van der Waals surface area contributed by atoms with E-state index in [0.717, 1.165) is 5.56 Å². The Morgan fingerprint density at radius 3 is 2.20 bits per heavy atom. The van der Waals surface area contributed by atoms with Gasteiger partial charge in [0, 0.05) is 0 Å². The quantitative estimate of drug-likeness (QED) is 0.612. The monoisotopic (exact) mass is 270 g/mol. The summed E-state index contributed by atoms with van der Waals surface area (Å²) < 4.78 is 10.7. The summed E-state index contributed by atoms with van der Waals surface area (Å²) in [5.74, 6) is 0.488. The molecule has 0 aliphatic heterocycles. The van der Waals surface area contributed by atoms with E-state index in [-0.39, 0.29) is 11.9 Å². The second kappa shape index (κ2) is 6.75. The Kier molecular flexibility index (Phi) is 4.77. The van der Waals surface area contributed by atoms with Gasteiger partial charge in [0.25, 0.3) is 0 Å². The second-order valence-electron chi connectivity index (χ2n) is 4.44. The number of hydrogen-bond donors (Lipinski definition) is 0. The third kappa shape index (κ3) is 3.18. The van der Waals surface area contributed by atoms with Crippen LogP contribution in [0, 0.1) is 0 Å². The predicted molar refractivity (Wildman–Crippen MR) is 78.1 cm³/mol. The van der Waals surface area contributed by atoms with Crippen molar-refractivity contribution < 1.29 is 14.3 Å². The average Bonchev–Trinajstić information content (AvgIpc) is 2.49. The van der Waals surface area contributed by atoms with Crippen molar-refractivity contribution >= 4 is 5.97 Å². The molecule has 0 bridgehead atoms. The molecule has 0 aromatic heterocycles. The van der Waals surface area contributed by atoms with Crippen molar-refractivity contribution in [3.8, 4) is 11.5 Å². The maximum atomic E-state index is 12.3. The smallest absolute Gasteiger partial charge is 0.318 e. The first kappa shape index (κ1) is 14.1. The van der Waals surface area contributed by atoms with Crippen LogP contribution in [0.1, 0.15) is 24.8 Å². The molecule has 0 saturated heterocycles. The van der Waals surface area contributed by atoms with Crippen molar-refractivity contribution in [2.45, 2.75) is 19.3 Å². The molecule has 0 saturated carbocycles. The van der Waals surface area contributed by atoms with Crippen LogP contribution in [0.3, 0.4) is 0 Å². The van der Waals surface area contributed by atoms with Crippen LogP contribution in [-0.4, -0.2) is 13.1 Å². The minimum absolute atomic E-state index is 0.261. The highest BCUT2D eigenvalue weighted by molar-refractivity contribution is 5.80. The summed E-state index contributed by atoms with van der Waals surface area (Å²) in [6.07, 6.45) is 0.692. The Labute approximate surface area is 119 Å². The first-order chi connectivity index (χ1) is 9.76. The molecule has 104 valence electrons. The first-order valence-electron chi connectivity index (χ1n) is 6.66. The predicted octanol–water partition coefficient (Wildman–Crippen LogP) is 3.79. The summed E-state index contributed by atoms with van der Waals surface area (Å²) in [6.45, 7) is 1.97. The highest BCUT2D eigenvalue weighted by Gasteiger charge is 2.21. The van der Waals surface area contributed by atoms with Gasteiger partial charge in [-0.25, -0.2) is 0 Å². The first-order valence-corrected chi connectivity index (χ1v) is 6.66. The number of hydrogen-bond acceptors (Lipinski definition) is 3. The van der Waals surface area contributed by atoms with Gasteiger partial charge in [-0.3, -0.25) is 4.79 Å². The number of carbonyl (C=O) groups is 1. The lowest BCUT2D eigenvalue weighted by atomic mass is 9.97. The summed E-state index contributed by atoms with van der Waals surface area (Å²) in [5.41, 5.74) is 0.967. The van der Waals surface area contributed by atoms with E-state index >= 15 is 0 Å². The normalized spacial score (nSPS) is 11.7. The summed E-state index contributed by atoms with van der Waals surface area (Å²) in [6, 6.07) is 16.8. The lowest BCUT2D eigenvalue weighted by Gasteiger charge is -2.15. The average molecular weight is 270 g/mol. The Morgan fingerprint density at radius 2 is 1.60 bits per heavy atom. The van der Waals surface area contributed by atoms with Gasteiger partial charge < -0.3 is 9.47 Å². The standard InChI is InChI=1S/C17H18O3/c1-3-14(13-9-5-4-6-10-13)17(18)20-16-12-8-7-11-15(16)19-2/h4-12,14H,3H2,1-2H3/t14-/m0/s1. The topological polar surface area (TPSA) is 35.5 Å². The van der Waals surface area contributed by atoms with E-state index < -0.39 is 0 Å². The zero-order valence-electron chi connectivity index (χ0n) is 11.7. The molecule has 2 rings (SSSR count). The molecule has 20 heavy (non-hydrogen) atoms. The Morgan fingerprint density at radius 1 is 1.00 bits per heavy atom. The molecule has 1 atom stereocenters. The summed E-state index contributed by atoms with van der Waals surface area (Å²) in [5, 5.41) is 0. The number of ether oxygens (including phenoxy) is 2. The van der Waals surface area contributed by atoms with Crippen molar-refractivity contribution in [2.75, 3.05) is 7.11 Å². The van der Waals surface area contributed by atoms with Crippen LogP contribution in [0.4, 0.5) is 0 Å². The number of para-hydroxylation sites is 2. The maximum absolute atomic E-state index is 12.3. The van der Waals surface area contributed by atoms with Gasteiger partial charge in [0.15, 0.2) is 11.5 Å². The van der Waals surface area contributed by atoms with Crippen LogP contribution >= 0.6 is 0 Å². The lowest BCUT2D eigenvalue weighted by Crippen LogP contribution is -2.18. The van der Waals surface area contributed by atoms with E-state index in [1.54, 1.807) is 19.2 Å². The molecular weight excluding hydrogens is 252 g/mol. The summed E-state index contributed by atoms with van der Waals surface area (Å²) in [7, 11) is 1.56. The SMILES string of the molecule is CC[C@H](C(=O)Oc1ccccc1OC)c1ccccc1. The van der Waals surface area contributed by atoms with Gasteiger partial charge in [0.2, 0.25) is 0 Å². The molecule has 3 nitrogen and oxygen atoms in total. The largest absolute Gasteiger partial charge is 0.493 e. The second-order valence-corrected chi connectivity index (χ2v) is 4.44. The van der Waals surface area contributed by atoms with E-state index in [1.165, 1.54) is 0 Å². The Bertz CT molecular complexity index is 563. The molecule has 0 fully saturated rings. The number of rotatable bonds is 5. The molecule has 0 unspecified atom stereocenters. The van der Waals surface area contributed by atoms with Crippen molar-refractivity contribution in [3.63, 3.8) is 0 Å². The summed E-state index contributed by atoms with van der Waals surface area (Å²) in [4.78, 5) is 12.3. The fraction of sp³-hybridized carbons (Fsp3) is 0.235. The van der Waals surface area contributed by atoms with Gasteiger partial charge in [0.05, 0.1) is 13.0 Å². The molecule has 3 heteroatoms. The van der Waals surface area contributed by atoms with E-state index in [2.05, 4.69) is 0 Å². The fourth-order valence-electron chi connectivity index (χ4n) is 2.11. The zero-order valence-corrected chi connectivity index (χ0v) is 11.7. The lowest BCUT2D eigenvalue weighted by molar-refractivity contribution is -0.136. The van der Waals surface area contributed by atoms with Gasteiger partial charge >= 0.3 is 5.97 Å². The Hall–Kier alpha value is -2.29. The third-order valence-electron chi connectivity index (χ3n) is 3.17. The van der Waals surface area contributed by atoms with E-state index in [4.69, 9.17) is 9.47 Å². The number of esters is 1. The molecule has 2 aromatic rings. The molecule has 0 heterocycles. The molecule has 0 radical (unpaired) electrons. The molecule has 0 aliphatic rings. The zero-order chi connectivity index (χ0) is 14.4. The van der Waals surface area contributed by atoms with Crippen molar-refractivity contribution in [2.24, 2.45) is 0 Å². The highest BCUT2D eigenvalue weighted by Crippen LogP contribution is 2.29. The van der Waals surface area contributed by atoms with Gasteiger partial charge in [-0.2, -0.15) is 0 Å². The van der Waals surface area contributed by atoms with Crippen LogP contribution in [0.2, 0.25) is 0 Å². The van der Waals surface area contributed by atoms with Gasteiger partial charge in [-0.1, -0.05) is 49.4 Å². The number of benzene rings is 2.